The number of hydrogen-bond donors (Lipinski definition) is 3. The minimum absolute atomic E-state index is 0. The third-order valence-corrected chi connectivity index (χ3v) is 1.31. The van der Waals surface area contributed by atoms with Crippen LogP contribution in [0.5, 0.6) is 0 Å². The van der Waals surface area contributed by atoms with Crippen LogP contribution in [0, 0.1) is 0 Å². The molecule has 0 aliphatic heterocycles. The number of fused-ring (bicyclic) bond motifs is 1. The van der Waals surface area contributed by atoms with Crippen LogP contribution in [-0.4, -0.2) is 46.1 Å². The Labute approximate surface area is 103 Å². The van der Waals surface area contributed by atoms with E-state index in [1.807, 2.05) is 0 Å². The van der Waals surface area contributed by atoms with Crippen molar-refractivity contribution in [2.24, 2.45) is 0 Å². The Morgan fingerprint density at radius 1 is 1.43 bits per heavy atom. The first-order chi connectivity index (χ1) is 5.27. The standard InChI is InChI=1S/C5H5N5O.Bi.ClH.O/c6-5-9-3-2(4(11)10-5)7-1-8-3;;;/h1H,(H4,6,7,8,9,10,11);;1H;/q;+3;;-2/p-1. The minimum atomic E-state index is -0.301. The Bertz CT molecular complexity index is 455. The predicted octanol–water partition coefficient (Wildman–Crippen LogP) is -4.27. The number of imidazole rings is 1. The summed E-state index contributed by atoms with van der Waals surface area (Å²) in [4.78, 5) is 23.5. The number of nitrogen functional groups attached to an aromatic ring is 1. The predicted molar refractivity (Wildman–Crippen MR) is 45.4 cm³/mol. The molecule has 0 aliphatic rings. The molecule has 2 aromatic rings. The van der Waals surface area contributed by atoms with E-state index in [9.17, 15) is 4.79 Å². The van der Waals surface area contributed by atoms with Crippen molar-refractivity contribution in [2.75, 3.05) is 5.73 Å². The van der Waals surface area contributed by atoms with Crippen LogP contribution < -0.4 is 23.7 Å². The molecule has 0 saturated heterocycles. The van der Waals surface area contributed by atoms with Crippen LogP contribution in [0.25, 0.3) is 11.2 Å². The minimum Gasteiger partial charge on any atom is -2.00 e. The number of halogens is 1. The Morgan fingerprint density at radius 2 is 2.07 bits per heavy atom. The fourth-order valence-electron chi connectivity index (χ4n) is 0.860. The normalized spacial score (nSPS) is 8.29. The second kappa shape index (κ2) is 5.90. The van der Waals surface area contributed by atoms with Gasteiger partial charge in [0.1, 0.15) is 0 Å². The number of anilines is 1. The molecule has 4 N–H and O–H groups in total. The van der Waals surface area contributed by atoms with E-state index in [-0.39, 0.29) is 55.6 Å². The van der Waals surface area contributed by atoms with E-state index in [0.29, 0.717) is 11.2 Å². The summed E-state index contributed by atoms with van der Waals surface area (Å²) in [6.07, 6.45) is 1.40. The molecule has 2 rings (SSSR count). The summed E-state index contributed by atoms with van der Waals surface area (Å²) in [6, 6.07) is 0. The van der Waals surface area contributed by atoms with Crippen LogP contribution in [0.15, 0.2) is 11.1 Å². The van der Waals surface area contributed by atoms with Gasteiger partial charge in [-0.1, -0.05) is 0 Å². The van der Waals surface area contributed by atoms with Crippen molar-refractivity contribution in [1.29, 1.82) is 0 Å². The Morgan fingerprint density at radius 3 is 2.71 bits per heavy atom. The van der Waals surface area contributed by atoms with Crippen molar-refractivity contribution < 1.29 is 17.9 Å². The van der Waals surface area contributed by atoms with Gasteiger partial charge < -0.3 is 28.6 Å². The summed E-state index contributed by atoms with van der Waals surface area (Å²) in [6.45, 7) is 0. The van der Waals surface area contributed by atoms with Gasteiger partial charge in [-0.05, 0) is 0 Å². The summed E-state index contributed by atoms with van der Waals surface area (Å²) < 4.78 is 0. The molecule has 0 spiro atoms. The number of nitrogens with zero attached hydrogens (tertiary/aromatic N) is 2. The van der Waals surface area contributed by atoms with Gasteiger partial charge in [0.05, 0.1) is 6.33 Å². The molecule has 0 aliphatic carbocycles. The number of aromatic nitrogens is 4. The Balaban J connectivity index is 0. The van der Waals surface area contributed by atoms with Crippen LogP contribution >= 0.6 is 0 Å². The number of rotatable bonds is 0. The molecule has 0 unspecified atom stereocenters. The number of nitrogens with two attached hydrogens (primary N) is 1. The summed E-state index contributed by atoms with van der Waals surface area (Å²) in [5.41, 5.74) is 5.65. The second-order valence-electron chi connectivity index (χ2n) is 2.05. The molecule has 7 nitrogen and oxygen atoms in total. The van der Waals surface area contributed by atoms with Crippen molar-refractivity contribution in [2.45, 2.75) is 0 Å². The molecular formula is C5H5BiClN5O2. The molecule has 9 heteroatoms. The van der Waals surface area contributed by atoms with Crippen LogP contribution in [0.4, 0.5) is 5.95 Å². The number of hydrogen-bond acceptors (Lipinski definition) is 4. The quantitative estimate of drug-likeness (QED) is 0.379. The zero-order valence-electron chi connectivity index (χ0n) is 6.69. The second-order valence-corrected chi connectivity index (χ2v) is 2.05. The van der Waals surface area contributed by atoms with Gasteiger partial charge in [-0.15, -0.1) is 0 Å². The van der Waals surface area contributed by atoms with E-state index in [1.54, 1.807) is 0 Å². The van der Waals surface area contributed by atoms with Crippen LogP contribution in [0.2, 0.25) is 0 Å². The maximum atomic E-state index is 11.0. The summed E-state index contributed by atoms with van der Waals surface area (Å²) in [7, 11) is 0. The van der Waals surface area contributed by atoms with Gasteiger partial charge in [0.25, 0.3) is 5.56 Å². The van der Waals surface area contributed by atoms with Crippen molar-refractivity contribution in [3.63, 3.8) is 0 Å². The van der Waals surface area contributed by atoms with E-state index in [2.05, 4.69) is 19.9 Å². The average Bonchev–Trinajstić information content (AvgIpc) is 2.34. The fraction of sp³-hybridized carbons (Fsp3) is 0. The molecule has 0 bridgehead atoms. The summed E-state index contributed by atoms with van der Waals surface area (Å²) in [5.74, 6) is 0.0783. The number of H-pyrrole nitrogens is 2. The van der Waals surface area contributed by atoms with Crippen molar-refractivity contribution in [3.8, 4) is 0 Å². The Hall–Kier alpha value is -0.717. The van der Waals surface area contributed by atoms with Gasteiger partial charge in [0, 0.05) is 0 Å². The molecule has 2 aromatic heterocycles. The maximum Gasteiger partial charge on any atom is 3.00 e. The van der Waals surface area contributed by atoms with Gasteiger partial charge >= 0.3 is 26.2 Å². The molecule has 0 atom stereocenters. The van der Waals surface area contributed by atoms with Crippen molar-refractivity contribution in [1.82, 2.24) is 19.9 Å². The number of aromatic amines is 2. The molecule has 74 valence electrons. The van der Waals surface area contributed by atoms with Crippen molar-refractivity contribution in [3.05, 3.63) is 16.7 Å². The van der Waals surface area contributed by atoms with E-state index in [0.717, 1.165) is 0 Å². The van der Waals surface area contributed by atoms with Gasteiger partial charge in [-0.25, -0.2) is 4.98 Å². The molecule has 2 radical (unpaired) electrons. The van der Waals surface area contributed by atoms with Gasteiger partial charge in [-0.2, -0.15) is 4.98 Å². The smallest absolute Gasteiger partial charge is 2.00 e. The third kappa shape index (κ3) is 2.63. The van der Waals surface area contributed by atoms with Crippen LogP contribution in [-0.2, 0) is 5.48 Å². The summed E-state index contributed by atoms with van der Waals surface area (Å²) >= 11 is 0. The first kappa shape index (κ1) is 15.7. The average molecular weight is 412 g/mol. The van der Waals surface area contributed by atoms with Gasteiger partial charge in [0.15, 0.2) is 11.2 Å². The number of nitrogens with one attached hydrogen (secondary N) is 2. The van der Waals surface area contributed by atoms with Crippen LogP contribution in [0.1, 0.15) is 0 Å². The largest absolute Gasteiger partial charge is 3.00 e. The Kier molecular flexibility index (Phi) is 6.63. The van der Waals surface area contributed by atoms with E-state index < -0.39 is 0 Å². The molecule has 0 amide bonds. The SMILES string of the molecule is Nc1nc2nc[nH]c2c(=O)[nH]1.[Bi+3].[Cl-].[O-2]. The third-order valence-electron chi connectivity index (χ3n) is 1.31. The topological polar surface area (TPSA) is 129 Å². The van der Waals surface area contributed by atoms with Crippen molar-refractivity contribution >= 4 is 43.3 Å². The fourth-order valence-corrected chi connectivity index (χ4v) is 0.860. The molecule has 0 fully saturated rings. The molecule has 2 heterocycles. The summed E-state index contributed by atoms with van der Waals surface area (Å²) in [5, 5.41) is 0. The first-order valence-electron chi connectivity index (χ1n) is 2.96. The zero-order chi connectivity index (χ0) is 7.84. The van der Waals surface area contributed by atoms with Crippen LogP contribution in [0.3, 0.4) is 0 Å². The first-order valence-corrected chi connectivity index (χ1v) is 2.96. The molecule has 14 heavy (non-hydrogen) atoms. The maximum absolute atomic E-state index is 11.0. The molecule has 0 aromatic carbocycles. The van der Waals surface area contributed by atoms with E-state index in [1.165, 1.54) is 6.33 Å². The van der Waals surface area contributed by atoms with E-state index in [4.69, 9.17) is 5.73 Å². The zero-order valence-corrected chi connectivity index (χ0v) is 10.9. The van der Waals surface area contributed by atoms with Gasteiger partial charge in [0.2, 0.25) is 5.95 Å². The monoisotopic (exact) mass is 411 g/mol. The molecule has 0 saturated carbocycles. The molecular weight excluding hydrogens is 407 g/mol. The van der Waals surface area contributed by atoms with E-state index >= 15 is 0 Å². The van der Waals surface area contributed by atoms with Gasteiger partial charge in [-0.3, -0.25) is 9.78 Å².